The maximum Gasteiger partial charge on any atom is 0.254 e. The summed E-state index contributed by atoms with van der Waals surface area (Å²) in [4.78, 5) is 29.2. The third-order valence-corrected chi connectivity index (χ3v) is 5.42. The van der Waals surface area contributed by atoms with Gasteiger partial charge in [-0.2, -0.15) is 5.43 Å². The first-order valence-electron chi connectivity index (χ1n) is 9.98. The quantitative estimate of drug-likeness (QED) is 0.583. The largest absolute Gasteiger partial charge is 0.351 e. The molecule has 0 aromatic heterocycles. The molecule has 2 aromatic rings. The Balaban J connectivity index is 1.48. The lowest BCUT2D eigenvalue weighted by molar-refractivity contribution is 0.0937. The van der Waals surface area contributed by atoms with E-state index < -0.39 is 18.0 Å². The fraction of sp³-hybridized carbons (Fsp3) is 0.174. The first kappa shape index (κ1) is 21.9. The Labute approximate surface area is 189 Å². The number of nitrogens with two attached hydrogens (primary N) is 1. The zero-order valence-electron chi connectivity index (χ0n) is 17.2. The predicted octanol–water partition coefficient (Wildman–Crippen LogP) is 3.16. The molecule has 1 amide bonds. The highest BCUT2D eigenvalue weighted by Crippen LogP contribution is 2.27. The topological polar surface area (TPSA) is 99.8 Å². The average molecular weight is 454 g/mol. The molecule has 0 fully saturated rings. The number of allylic oxidation sites excluding steroid dienone is 2. The van der Waals surface area contributed by atoms with Crippen LogP contribution in [0.1, 0.15) is 38.3 Å². The summed E-state index contributed by atoms with van der Waals surface area (Å²) < 4.78 is 15.4. The molecular formula is C23H21ClFN5O2. The van der Waals surface area contributed by atoms with Crippen molar-refractivity contribution < 1.29 is 14.0 Å². The first-order valence-corrected chi connectivity index (χ1v) is 10.4. The molecule has 164 valence electrons. The van der Waals surface area contributed by atoms with E-state index in [-0.39, 0.29) is 29.9 Å². The van der Waals surface area contributed by atoms with Gasteiger partial charge in [0.25, 0.3) is 5.91 Å². The van der Waals surface area contributed by atoms with E-state index in [0.29, 0.717) is 27.6 Å². The Kier molecular flexibility index (Phi) is 6.18. The molecule has 9 heteroatoms. The second kappa shape index (κ2) is 9.04. The number of nitrogens with one attached hydrogen (secondary N) is 2. The number of aryl methyl sites for hydroxylation is 1. The molecule has 2 aliphatic heterocycles. The van der Waals surface area contributed by atoms with E-state index >= 15 is 4.39 Å². The van der Waals surface area contributed by atoms with Gasteiger partial charge in [-0.25, -0.2) is 9.38 Å². The number of carbonyl (C=O) groups is 2. The van der Waals surface area contributed by atoms with Gasteiger partial charge in [0.15, 0.2) is 12.1 Å². The zero-order chi connectivity index (χ0) is 22.8. The highest BCUT2D eigenvalue weighted by Gasteiger charge is 2.24. The molecule has 2 heterocycles. The molecule has 2 aromatic carbocycles. The fourth-order valence-electron chi connectivity index (χ4n) is 3.51. The number of halogens is 2. The summed E-state index contributed by atoms with van der Waals surface area (Å²) in [5, 5.41) is 4.83. The van der Waals surface area contributed by atoms with Crippen molar-refractivity contribution in [2.45, 2.75) is 19.6 Å². The number of Topliss-reactive ketones (excluding diaryl/α,β-unsaturated/α-hetero) is 1. The van der Waals surface area contributed by atoms with E-state index in [9.17, 15) is 9.59 Å². The van der Waals surface area contributed by atoms with Crippen LogP contribution >= 0.6 is 11.6 Å². The third kappa shape index (κ3) is 4.47. The van der Waals surface area contributed by atoms with Crippen LogP contribution < -0.4 is 16.5 Å². The van der Waals surface area contributed by atoms with Crippen molar-refractivity contribution in [2.24, 2.45) is 10.7 Å². The summed E-state index contributed by atoms with van der Waals surface area (Å²) in [5.41, 5.74) is 10.4. The van der Waals surface area contributed by atoms with Crippen LogP contribution in [0.25, 0.3) is 5.57 Å². The van der Waals surface area contributed by atoms with Crippen LogP contribution in [0.3, 0.4) is 0 Å². The van der Waals surface area contributed by atoms with Gasteiger partial charge < -0.3 is 5.32 Å². The highest BCUT2D eigenvalue weighted by molar-refractivity contribution is 6.30. The van der Waals surface area contributed by atoms with Gasteiger partial charge in [-0.05, 0) is 54.5 Å². The Hall–Kier alpha value is -3.33. The Morgan fingerprint density at radius 3 is 2.75 bits per heavy atom. The average Bonchev–Trinajstić information content (AvgIpc) is 3.13. The minimum atomic E-state index is -0.633. The number of ketones is 1. The second-order valence-corrected chi connectivity index (χ2v) is 7.84. The van der Waals surface area contributed by atoms with Gasteiger partial charge in [-0.1, -0.05) is 23.7 Å². The smallest absolute Gasteiger partial charge is 0.254 e. The van der Waals surface area contributed by atoms with E-state index in [1.54, 1.807) is 66.7 Å². The number of nitrogens with zero attached hydrogens (tertiary/aromatic N) is 2. The van der Waals surface area contributed by atoms with Crippen molar-refractivity contribution in [3.05, 3.63) is 87.8 Å². The third-order valence-electron chi connectivity index (χ3n) is 5.17. The molecule has 7 nitrogen and oxygen atoms in total. The number of benzene rings is 2. The second-order valence-electron chi connectivity index (χ2n) is 7.40. The Bertz CT molecular complexity index is 1170. The van der Waals surface area contributed by atoms with Crippen molar-refractivity contribution in [3.8, 4) is 0 Å². The molecule has 4 N–H and O–H groups in total. The van der Waals surface area contributed by atoms with E-state index in [4.69, 9.17) is 17.3 Å². The van der Waals surface area contributed by atoms with Crippen LogP contribution in [0.5, 0.6) is 0 Å². The number of hydrogen-bond donors (Lipinski definition) is 3. The van der Waals surface area contributed by atoms with E-state index in [1.165, 1.54) is 0 Å². The molecule has 0 aliphatic carbocycles. The van der Waals surface area contributed by atoms with Gasteiger partial charge in [0.2, 0.25) is 0 Å². The van der Waals surface area contributed by atoms with Crippen LogP contribution in [0, 0.1) is 12.7 Å². The van der Waals surface area contributed by atoms with Gasteiger partial charge in [0, 0.05) is 35.3 Å². The normalized spacial score (nSPS) is 17.0. The van der Waals surface area contributed by atoms with Crippen LogP contribution in [0.2, 0.25) is 5.02 Å². The molecule has 1 unspecified atom stereocenters. The lowest BCUT2D eigenvalue weighted by atomic mass is 9.96. The summed E-state index contributed by atoms with van der Waals surface area (Å²) in [5.74, 6) is -0.790. The number of fused-ring (bicyclic) bond motifs is 1. The van der Waals surface area contributed by atoms with Gasteiger partial charge in [0.05, 0.1) is 5.56 Å². The molecule has 0 bridgehead atoms. The monoisotopic (exact) mass is 453 g/mol. The van der Waals surface area contributed by atoms with E-state index in [1.807, 2.05) is 0 Å². The van der Waals surface area contributed by atoms with Crippen molar-refractivity contribution in [2.75, 3.05) is 6.54 Å². The molecule has 0 spiro atoms. The minimum absolute atomic E-state index is 0.0543. The molecular weight excluding hydrogens is 433 g/mol. The Morgan fingerprint density at radius 1 is 1.25 bits per heavy atom. The first-order chi connectivity index (χ1) is 15.3. The fourth-order valence-corrected chi connectivity index (χ4v) is 3.64. The molecule has 2 aliphatic rings. The number of aliphatic imine (C=N–C) groups is 1. The number of amidine groups is 1. The maximum atomic E-state index is 15.4. The summed E-state index contributed by atoms with van der Waals surface area (Å²) in [6.07, 6.45) is 4.63. The standard InChI is InChI=1S/C23H21ClFN5O2/c1-13-2-7-17(15-9-11-30-19(12-15)28-23(26)29-30)21(25)20(13)22(32)27-10-8-18(31)14-3-5-16(24)6-4-14/h2-7,9,11-12,23,29H,8,10,26H2,1H3,(H,27,32). The number of carbonyl (C=O) groups excluding carboxylic acids is 2. The van der Waals surface area contributed by atoms with Crippen LogP contribution in [0.15, 0.2) is 59.7 Å². The van der Waals surface area contributed by atoms with Crippen LogP contribution in [-0.4, -0.2) is 35.4 Å². The summed E-state index contributed by atoms with van der Waals surface area (Å²) in [6.45, 7) is 1.75. The lowest BCUT2D eigenvalue weighted by Gasteiger charge is -2.20. The molecule has 0 saturated carbocycles. The SMILES string of the molecule is Cc1ccc(C2=CC3=NC(N)NN3C=C2)c(F)c1C(=O)NCCC(=O)c1ccc(Cl)cc1. The van der Waals surface area contributed by atoms with Gasteiger partial charge in [-0.3, -0.25) is 20.3 Å². The maximum absolute atomic E-state index is 15.4. The number of hydrazine groups is 1. The van der Waals surface area contributed by atoms with E-state index in [2.05, 4.69) is 15.7 Å². The molecule has 0 radical (unpaired) electrons. The minimum Gasteiger partial charge on any atom is -0.351 e. The van der Waals surface area contributed by atoms with Gasteiger partial charge in [-0.15, -0.1) is 0 Å². The van der Waals surface area contributed by atoms with E-state index in [0.717, 1.165) is 0 Å². The Morgan fingerprint density at radius 2 is 2.00 bits per heavy atom. The number of hydrogen-bond acceptors (Lipinski definition) is 6. The summed E-state index contributed by atoms with van der Waals surface area (Å²) >= 11 is 5.83. The highest BCUT2D eigenvalue weighted by atomic mass is 35.5. The summed E-state index contributed by atoms with van der Waals surface area (Å²) in [6, 6.07) is 9.83. The van der Waals surface area contributed by atoms with Crippen molar-refractivity contribution in [3.63, 3.8) is 0 Å². The summed E-state index contributed by atoms with van der Waals surface area (Å²) in [7, 11) is 0. The predicted molar refractivity (Wildman–Crippen MR) is 121 cm³/mol. The van der Waals surface area contributed by atoms with Crippen molar-refractivity contribution in [1.29, 1.82) is 0 Å². The van der Waals surface area contributed by atoms with Crippen molar-refractivity contribution >= 4 is 34.7 Å². The number of amides is 1. The number of rotatable bonds is 6. The van der Waals surface area contributed by atoms with Gasteiger partial charge >= 0.3 is 0 Å². The van der Waals surface area contributed by atoms with Crippen LogP contribution in [-0.2, 0) is 0 Å². The van der Waals surface area contributed by atoms with Gasteiger partial charge in [0.1, 0.15) is 11.7 Å². The van der Waals surface area contributed by atoms with Crippen molar-refractivity contribution in [1.82, 2.24) is 15.8 Å². The molecule has 0 saturated heterocycles. The zero-order valence-corrected chi connectivity index (χ0v) is 18.0. The lowest BCUT2D eigenvalue weighted by Crippen LogP contribution is -2.40. The molecule has 4 rings (SSSR count). The molecule has 32 heavy (non-hydrogen) atoms. The van der Waals surface area contributed by atoms with Crippen LogP contribution in [0.4, 0.5) is 4.39 Å². The molecule has 1 atom stereocenters.